The van der Waals surface area contributed by atoms with Gasteiger partial charge in [0.05, 0.1) is 12.3 Å². The third-order valence-electron chi connectivity index (χ3n) is 5.19. The summed E-state index contributed by atoms with van der Waals surface area (Å²) in [5.41, 5.74) is 11.1. The van der Waals surface area contributed by atoms with Crippen LogP contribution in [-0.4, -0.2) is 11.6 Å². The van der Waals surface area contributed by atoms with Gasteiger partial charge in [0.15, 0.2) is 0 Å². The molecule has 0 bridgehead atoms. The molecule has 154 valence electrons. The van der Waals surface area contributed by atoms with Crippen LogP contribution in [0.15, 0.2) is 54.6 Å². The van der Waals surface area contributed by atoms with E-state index in [-0.39, 0.29) is 5.82 Å². The number of ether oxygens (including phenoxy) is 1. The summed E-state index contributed by atoms with van der Waals surface area (Å²) in [4.78, 5) is 4.45. The lowest BCUT2D eigenvalue weighted by molar-refractivity contribution is 0.304. The second-order valence-corrected chi connectivity index (χ2v) is 7.58. The number of nitriles is 1. The van der Waals surface area contributed by atoms with Crippen molar-refractivity contribution in [3.8, 4) is 34.2 Å². The average molecular weight is 400 g/mol. The zero-order chi connectivity index (χ0) is 21.3. The molecule has 4 nitrogen and oxygen atoms in total. The number of aromatic nitrogens is 1. The molecule has 0 spiro atoms. The largest absolute Gasteiger partial charge is 0.494 e. The van der Waals surface area contributed by atoms with Crippen molar-refractivity contribution in [3.63, 3.8) is 0 Å². The van der Waals surface area contributed by atoms with Crippen LogP contribution in [0.4, 0.5) is 5.82 Å². The van der Waals surface area contributed by atoms with E-state index in [1.807, 2.05) is 61.5 Å². The Hall–Kier alpha value is -3.32. The van der Waals surface area contributed by atoms with E-state index >= 15 is 0 Å². The molecule has 4 heteroatoms. The molecule has 30 heavy (non-hydrogen) atoms. The monoisotopic (exact) mass is 399 g/mol. The average Bonchev–Trinajstić information content (AvgIpc) is 2.76. The van der Waals surface area contributed by atoms with Crippen LogP contribution in [0.25, 0.3) is 22.4 Å². The van der Waals surface area contributed by atoms with E-state index in [1.54, 1.807) is 0 Å². The van der Waals surface area contributed by atoms with Crippen LogP contribution in [0, 0.1) is 18.3 Å². The third-order valence-corrected chi connectivity index (χ3v) is 5.19. The highest BCUT2D eigenvalue weighted by molar-refractivity contribution is 5.80. The van der Waals surface area contributed by atoms with Crippen LogP contribution in [0.3, 0.4) is 0 Å². The molecule has 0 aliphatic carbocycles. The first kappa shape index (κ1) is 21.4. The van der Waals surface area contributed by atoms with Crippen molar-refractivity contribution in [1.29, 1.82) is 5.26 Å². The number of nitrogens with two attached hydrogens (primary N) is 1. The zero-order valence-electron chi connectivity index (χ0n) is 17.8. The summed E-state index contributed by atoms with van der Waals surface area (Å²) in [6.45, 7) is 4.99. The Morgan fingerprint density at radius 2 is 1.60 bits per heavy atom. The minimum Gasteiger partial charge on any atom is -0.494 e. The first-order valence-corrected chi connectivity index (χ1v) is 10.6. The standard InChI is InChI=1S/C26H29N3O/c1-3-4-5-6-7-16-30-22-14-12-20(13-15-22)23-17-25(29-26(28)24(23)18-27)21-10-8-19(2)9-11-21/h8-15,17H,3-7,16H2,1-2H3,(H2,28,29). The number of benzene rings is 2. The lowest BCUT2D eigenvalue weighted by Gasteiger charge is -2.12. The van der Waals surface area contributed by atoms with E-state index < -0.39 is 0 Å². The van der Waals surface area contributed by atoms with Gasteiger partial charge in [-0.1, -0.05) is 74.6 Å². The fraction of sp³-hybridized carbons (Fsp3) is 0.308. The lowest BCUT2D eigenvalue weighted by atomic mass is 9.98. The molecule has 0 aliphatic heterocycles. The molecule has 0 saturated heterocycles. The number of pyridine rings is 1. The molecular formula is C26H29N3O. The Morgan fingerprint density at radius 1 is 0.933 bits per heavy atom. The maximum absolute atomic E-state index is 9.62. The van der Waals surface area contributed by atoms with Gasteiger partial charge in [-0.2, -0.15) is 5.26 Å². The molecular weight excluding hydrogens is 370 g/mol. The Morgan fingerprint density at radius 3 is 2.27 bits per heavy atom. The van der Waals surface area contributed by atoms with Crippen LogP contribution in [0.1, 0.15) is 50.2 Å². The Bertz CT molecular complexity index is 1000. The second kappa shape index (κ2) is 10.5. The van der Waals surface area contributed by atoms with Crippen molar-refractivity contribution < 1.29 is 4.74 Å². The van der Waals surface area contributed by atoms with Crippen LogP contribution in [-0.2, 0) is 0 Å². The number of rotatable bonds is 9. The van der Waals surface area contributed by atoms with Gasteiger partial charge in [0.1, 0.15) is 23.2 Å². The van der Waals surface area contributed by atoms with Gasteiger partial charge in [-0.25, -0.2) is 4.98 Å². The van der Waals surface area contributed by atoms with Gasteiger partial charge in [-0.15, -0.1) is 0 Å². The van der Waals surface area contributed by atoms with Gasteiger partial charge in [-0.3, -0.25) is 0 Å². The van der Waals surface area contributed by atoms with Crippen molar-refractivity contribution in [2.45, 2.75) is 46.0 Å². The van der Waals surface area contributed by atoms with E-state index in [9.17, 15) is 5.26 Å². The molecule has 0 unspecified atom stereocenters. The van der Waals surface area contributed by atoms with Crippen LogP contribution < -0.4 is 10.5 Å². The van der Waals surface area contributed by atoms with Crippen molar-refractivity contribution in [2.24, 2.45) is 0 Å². The zero-order valence-corrected chi connectivity index (χ0v) is 17.8. The molecule has 0 saturated carbocycles. The highest BCUT2D eigenvalue weighted by Crippen LogP contribution is 2.32. The van der Waals surface area contributed by atoms with Crippen LogP contribution in [0.5, 0.6) is 5.75 Å². The molecule has 0 atom stereocenters. The normalized spacial score (nSPS) is 10.6. The molecule has 0 fully saturated rings. The minimum atomic E-state index is 0.248. The van der Waals surface area contributed by atoms with Crippen LogP contribution >= 0.6 is 0 Å². The lowest BCUT2D eigenvalue weighted by Crippen LogP contribution is -2.00. The van der Waals surface area contributed by atoms with E-state index in [2.05, 4.69) is 18.0 Å². The highest BCUT2D eigenvalue weighted by Gasteiger charge is 2.13. The van der Waals surface area contributed by atoms with E-state index in [0.29, 0.717) is 5.56 Å². The van der Waals surface area contributed by atoms with Crippen molar-refractivity contribution in [1.82, 2.24) is 4.98 Å². The molecule has 1 heterocycles. The Labute approximate surface area is 179 Å². The van der Waals surface area contributed by atoms with Crippen molar-refractivity contribution >= 4 is 5.82 Å². The Kier molecular flexibility index (Phi) is 7.45. The molecule has 0 amide bonds. The van der Waals surface area contributed by atoms with E-state index in [0.717, 1.165) is 41.2 Å². The third kappa shape index (κ3) is 5.39. The fourth-order valence-corrected chi connectivity index (χ4v) is 3.41. The number of unbranched alkanes of at least 4 members (excludes halogenated alkanes) is 4. The first-order chi connectivity index (χ1) is 14.6. The fourth-order valence-electron chi connectivity index (χ4n) is 3.41. The number of hydrogen-bond acceptors (Lipinski definition) is 4. The summed E-state index contributed by atoms with van der Waals surface area (Å²) < 4.78 is 5.86. The molecule has 1 aromatic heterocycles. The van der Waals surface area contributed by atoms with Crippen molar-refractivity contribution in [3.05, 3.63) is 65.7 Å². The molecule has 2 aromatic carbocycles. The predicted molar refractivity (Wildman–Crippen MR) is 123 cm³/mol. The van der Waals surface area contributed by atoms with E-state index in [1.165, 1.54) is 31.2 Å². The summed E-state index contributed by atoms with van der Waals surface area (Å²) in [6.07, 6.45) is 6.08. The second-order valence-electron chi connectivity index (χ2n) is 7.58. The van der Waals surface area contributed by atoms with Gasteiger partial charge >= 0.3 is 0 Å². The Balaban J connectivity index is 1.79. The molecule has 3 aromatic rings. The maximum atomic E-state index is 9.62. The quantitative estimate of drug-likeness (QED) is 0.415. The SMILES string of the molecule is CCCCCCCOc1ccc(-c2cc(-c3ccc(C)cc3)nc(N)c2C#N)cc1. The molecule has 2 N–H and O–H groups in total. The number of anilines is 1. The summed E-state index contributed by atoms with van der Waals surface area (Å²) in [6, 6.07) is 20.1. The number of nitrogens with zero attached hydrogens (tertiary/aromatic N) is 2. The maximum Gasteiger partial charge on any atom is 0.142 e. The highest BCUT2D eigenvalue weighted by atomic mass is 16.5. The summed E-state index contributed by atoms with van der Waals surface area (Å²) in [5.74, 6) is 1.09. The molecule has 3 rings (SSSR count). The van der Waals surface area contributed by atoms with Gasteiger partial charge in [-0.05, 0) is 37.1 Å². The summed E-state index contributed by atoms with van der Waals surface area (Å²) in [7, 11) is 0. The molecule has 0 radical (unpaired) electrons. The van der Waals surface area contributed by atoms with Gasteiger partial charge in [0, 0.05) is 11.1 Å². The number of hydrogen-bond donors (Lipinski definition) is 1. The van der Waals surface area contributed by atoms with E-state index in [4.69, 9.17) is 10.5 Å². The predicted octanol–water partition coefficient (Wildman–Crippen LogP) is 6.53. The summed E-state index contributed by atoms with van der Waals surface area (Å²) in [5, 5.41) is 9.62. The van der Waals surface area contributed by atoms with Gasteiger partial charge in [0.25, 0.3) is 0 Å². The van der Waals surface area contributed by atoms with Crippen LogP contribution in [0.2, 0.25) is 0 Å². The first-order valence-electron chi connectivity index (χ1n) is 10.6. The van der Waals surface area contributed by atoms with Gasteiger partial charge in [0.2, 0.25) is 0 Å². The number of aryl methyl sites for hydroxylation is 1. The summed E-state index contributed by atoms with van der Waals surface area (Å²) >= 11 is 0. The smallest absolute Gasteiger partial charge is 0.142 e. The minimum absolute atomic E-state index is 0.248. The topological polar surface area (TPSA) is 71.9 Å². The number of nitrogen functional groups attached to an aromatic ring is 1. The molecule has 0 aliphatic rings. The van der Waals surface area contributed by atoms with Gasteiger partial charge < -0.3 is 10.5 Å². The van der Waals surface area contributed by atoms with Crippen molar-refractivity contribution in [2.75, 3.05) is 12.3 Å².